The molecular formula is C23H25ClN2O4. The Kier molecular flexibility index (Phi) is 6.80. The summed E-state index contributed by atoms with van der Waals surface area (Å²) in [5, 5.41) is 13.6. The highest BCUT2D eigenvalue weighted by molar-refractivity contribution is 6.46. The standard InChI is InChI=1S/C23H25ClN2O4/c1-4-30-18-11-10-16(14-17(18)24)21(27)19-20(15-8-6-5-7-9-15)26(13-12-25(2)3)23(29)22(19)28/h5-11,14,20,27H,4,12-13H2,1-3H3/b21-19+. The molecule has 158 valence electrons. The van der Waals surface area contributed by atoms with E-state index in [1.165, 1.54) is 11.0 Å². The first-order valence-corrected chi connectivity index (χ1v) is 10.3. The maximum Gasteiger partial charge on any atom is 0.295 e. The number of benzene rings is 2. The number of ketones is 1. The number of nitrogens with one attached hydrogen (secondary N) is 1. The number of halogens is 1. The van der Waals surface area contributed by atoms with Crippen LogP contribution >= 0.6 is 11.6 Å². The molecule has 2 aromatic carbocycles. The van der Waals surface area contributed by atoms with Crippen molar-refractivity contribution in [3.63, 3.8) is 0 Å². The van der Waals surface area contributed by atoms with Crippen molar-refractivity contribution in [1.29, 1.82) is 0 Å². The summed E-state index contributed by atoms with van der Waals surface area (Å²) in [5.41, 5.74) is 0.937. The number of nitrogens with zero attached hydrogens (tertiary/aromatic N) is 1. The van der Waals surface area contributed by atoms with E-state index in [2.05, 4.69) is 0 Å². The fourth-order valence-electron chi connectivity index (χ4n) is 3.50. The van der Waals surface area contributed by atoms with E-state index in [4.69, 9.17) is 16.3 Å². The zero-order chi connectivity index (χ0) is 21.8. The maximum absolute atomic E-state index is 13.4. The van der Waals surface area contributed by atoms with Crippen molar-refractivity contribution in [3.05, 3.63) is 70.3 Å². The molecule has 1 aliphatic heterocycles. The number of carbonyl (C=O) groups excluding carboxylic acids is 2. The van der Waals surface area contributed by atoms with Gasteiger partial charge in [0.05, 0.1) is 44.9 Å². The number of likely N-dealkylation sites (N-methyl/N-ethyl adjacent to an activating group) is 1. The average Bonchev–Trinajstić information content (AvgIpc) is 2.98. The van der Waals surface area contributed by atoms with Gasteiger partial charge in [-0.2, -0.15) is 0 Å². The Bertz CT molecular complexity index is 972. The first-order chi connectivity index (χ1) is 14.3. The number of Topliss-reactive ketones (excluding diaryl/α,β-unsaturated/α-hetero) is 1. The minimum Gasteiger partial charge on any atom is -0.872 e. The van der Waals surface area contributed by atoms with Crippen molar-refractivity contribution in [3.8, 4) is 5.75 Å². The lowest BCUT2D eigenvalue weighted by Crippen LogP contribution is -3.06. The highest BCUT2D eigenvalue weighted by Crippen LogP contribution is 2.39. The Balaban J connectivity index is 2.10. The smallest absolute Gasteiger partial charge is 0.295 e. The molecule has 6 nitrogen and oxygen atoms in total. The van der Waals surface area contributed by atoms with E-state index in [1.54, 1.807) is 12.1 Å². The van der Waals surface area contributed by atoms with Crippen LogP contribution in [0.1, 0.15) is 24.1 Å². The molecule has 1 fully saturated rings. The lowest BCUT2D eigenvalue weighted by atomic mass is 9.95. The van der Waals surface area contributed by atoms with Crippen LogP contribution in [0.25, 0.3) is 5.76 Å². The molecule has 1 saturated heterocycles. The number of ether oxygens (including phenoxy) is 1. The van der Waals surface area contributed by atoms with E-state index >= 15 is 0 Å². The topological polar surface area (TPSA) is 74.1 Å². The first kappa shape index (κ1) is 21.9. The highest BCUT2D eigenvalue weighted by Gasteiger charge is 2.44. The van der Waals surface area contributed by atoms with Gasteiger partial charge in [-0.1, -0.05) is 53.8 Å². The Morgan fingerprint density at radius 1 is 1.17 bits per heavy atom. The van der Waals surface area contributed by atoms with Gasteiger partial charge in [0.25, 0.3) is 5.91 Å². The molecule has 1 atom stereocenters. The minimum absolute atomic E-state index is 0.0415. The lowest BCUT2D eigenvalue weighted by molar-refractivity contribution is -0.857. The summed E-state index contributed by atoms with van der Waals surface area (Å²) in [5.74, 6) is -1.44. The van der Waals surface area contributed by atoms with Gasteiger partial charge in [0.15, 0.2) is 0 Å². The molecule has 0 saturated carbocycles. The number of quaternary nitrogens is 1. The number of rotatable bonds is 7. The van der Waals surface area contributed by atoms with Crippen LogP contribution in [0.15, 0.2) is 54.1 Å². The van der Waals surface area contributed by atoms with Crippen LogP contribution in [0.5, 0.6) is 5.75 Å². The Hall–Kier alpha value is -2.83. The van der Waals surface area contributed by atoms with Crippen LogP contribution < -0.4 is 14.7 Å². The number of hydrogen-bond donors (Lipinski definition) is 1. The molecule has 0 radical (unpaired) electrons. The summed E-state index contributed by atoms with van der Waals surface area (Å²) in [4.78, 5) is 28.3. The third-order valence-electron chi connectivity index (χ3n) is 4.99. The fourth-order valence-corrected chi connectivity index (χ4v) is 3.73. The van der Waals surface area contributed by atoms with E-state index < -0.39 is 23.5 Å². The predicted molar refractivity (Wildman–Crippen MR) is 113 cm³/mol. The molecule has 1 unspecified atom stereocenters. The summed E-state index contributed by atoms with van der Waals surface area (Å²) in [7, 11) is 3.94. The van der Waals surface area contributed by atoms with Crippen LogP contribution in [0.4, 0.5) is 0 Å². The lowest BCUT2D eigenvalue weighted by Gasteiger charge is -2.27. The fraction of sp³-hybridized carbons (Fsp3) is 0.304. The Morgan fingerprint density at radius 3 is 2.47 bits per heavy atom. The minimum atomic E-state index is -0.757. The summed E-state index contributed by atoms with van der Waals surface area (Å²) in [6.07, 6.45) is 0. The second-order valence-electron chi connectivity index (χ2n) is 7.42. The second-order valence-corrected chi connectivity index (χ2v) is 7.83. The van der Waals surface area contributed by atoms with Crippen LogP contribution in [-0.4, -0.2) is 50.4 Å². The number of likely N-dealkylation sites (tertiary alicyclic amines) is 1. The zero-order valence-electron chi connectivity index (χ0n) is 17.3. The SMILES string of the molecule is CCOc1ccc(/C([O-])=C2\C(=O)C(=O)N(CC[NH+](C)C)C2c2ccccc2)cc1Cl. The molecule has 0 bridgehead atoms. The van der Waals surface area contributed by atoms with Crippen molar-refractivity contribution >= 4 is 29.1 Å². The zero-order valence-corrected chi connectivity index (χ0v) is 18.0. The van der Waals surface area contributed by atoms with Crippen LogP contribution in [0, 0.1) is 0 Å². The van der Waals surface area contributed by atoms with Crippen LogP contribution in [0.3, 0.4) is 0 Å². The van der Waals surface area contributed by atoms with Crippen molar-refractivity contribution in [2.45, 2.75) is 13.0 Å². The van der Waals surface area contributed by atoms with Gasteiger partial charge in [-0.15, -0.1) is 0 Å². The van der Waals surface area contributed by atoms with Gasteiger partial charge in [-0.3, -0.25) is 9.59 Å². The Morgan fingerprint density at radius 2 is 1.87 bits per heavy atom. The highest BCUT2D eigenvalue weighted by atomic mass is 35.5. The van der Waals surface area contributed by atoms with E-state index in [1.807, 2.05) is 51.4 Å². The molecule has 30 heavy (non-hydrogen) atoms. The monoisotopic (exact) mass is 428 g/mol. The number of amides is 1. The third kappa shape index (κ3) is 4.35. The molecular weight excluding hydrogens is 404 g/mol. The van der Waals surface area contributed by atoms with E-state index in [-0.39, 0.29) is 16.2 Å². The van der Waals surface area contributed by atoms with Gasteiger partial charge in [-0.25, -0.2) is 0 Å². The van der Waals surface area contributed by atoms with E-state index in [9.17, 15) is 14.7 Å². The number of carbonyl (C=O) groups is 2. The van der Waals surface area contributed by atoms with Gasteiger partial charge in [0.1, 0.15) is 5.75 Å². The van der Waals surface area contributed by atoms with Crippen molar-refractivity contribution in [1.82, 2.24) is 4.90 Å². The maximum atomic E-state index is 13.4. The van der Waals surface area contributed by atoms with Crippen LogP contribution in [-0.2, 0) is 9.59 Å². The normalized spacial score (nSPS) is 18.3. The molecule has 3 rings (SSSR count). The molecule has 0 aromatic heterocycles. The van der Waals surface area contributed by atoms with Gasteiger partial charge >= 0.3 is 0 Å². The van der Waals surface area contributed by atoms with Gasteiger partial charge in [0.2, 0.25) is 5.78 Å². The molecule has 0 aliphatic carbocycles. The average molecular weight is 429 g/mol. The largest absolute Gasteiger partial charge is 0.872 e. The molecule has 0 spiro atoms. The molecule has 1 aliphatic rings. The second kappa shape index (κ2) is 9.32. The van der Waals surface area contributed by atoms with Crippen molar-refractivity contribution in [2.75, 3.05) is 33.8 Å². The molecule has 1 N–H and O–H groups in total. The molecule has 2 aromatic rings. The van der Waals surface area contributed by atoms with Crippen LogP contribution in [0.2, 0.25) is 5.02 Å². The third-order valence-corrected chi connectivity index (χ3v) is 5.29. The summed E-state index contributed by atoms with van der Waals surface area (Å²) in [6, 6.07) is 13.1. The molecule has 7 heteroatoms. The van der Waals surface area contributed by atoms with Crippen molar-refractivity contribution < 1.29 is 24.3 Å². The first-order valence-electron chi connectivity index (χ1n) is 9.88. The van der Waals surface area contributed by atoms with E-state index in [0.29, 0.717) is 25.4 Å². The van der Waals surface area contributed by atoms with Gasteiger partial charge in [-0.05, 0) is 30.2 Å². The van der Waals surface area contributed by atoms with Crippen molar-refractivity contribution in [2.24, 2.45) is 0 Å². The number of hydrogen-bond acceptors (Lipinski definition) is 4. The van der Waals surface area contributed by atoms with Gasteiger partial charge < -0.3 is 19.6 Å². The molecule has 1 amide bonds. The quantitative estimate of drug-likeness (QED) is 0.407. The Labute approximate surface area is 181 Å². The summed E-state index contributed by atoms with van der Waals surface area (Å²) >= 11 is 6.24. The summed E-state index contributed by atoms with van der Waals surface area (Å²) in [6.45, 7) is 3.30. The summed E-state index contributed by atoms with van der Waals surface area (Å²) < 4.78 is 5.42. The van der Waals surface area contributed by atoms with Gasteiger partial charge in [0, 0.05) is 5.57 Å². The van der Waals surface area contributed by atoms with E-state index in [0.717, 1.165) is 10.5 Å². The predicted octanol–water partition coefficient (Wildman–Crippen LogP) is 1.11. The molecule has 1 heterocycles.